The summed E-state index contributed by atoms with van der Waals surface area (Å²) in [5.41, 5.74) is 7.22. The van der Waals surface area contributed by atoms with Gasteiger partial charge in [-0.25, -0.2) is 0 Å². The van der Waals surface area contributed by atoms with Gasteiger partial charge < -0.3 is 10.2 Å². The Bertz CT molecular complexity index is 427. The molecule has 0 unspecified atom stereocenters. The predicted octanol–water partition coefficient (Wildman–Crippen LogP) is 2.18. The first kappa shape index (κ1) is 9.33. The van der Waals surface area contributed by atoms with E-state index in [9.17, 15) is 0 Å². The van der Waals surface area contributed by atoms with Crippen molar-refractivity contribution in [2.75, 3.05) is 5.73 Å². The quantitative estimate of drug-likeness (QED) is 0.895. The Morgan fingerprint density at radius 1 is 1.57 bits per heavy atom. The molecule has 2 heterocycles. The van der Waals surface area contributed by atoms with E-state index in [4.69, 9.17) is 10.2 Å². The molecule has 0 radical (unpaired) electrons. The van der Waals surface area contributed by atoms with E-state index >= 15 is 0 Å². The third-order valence-corrected chi connectivity index (χ3v) is 2.36. The van der Waals surface area contributed by atoms with Gasteiger partial charge in [0.1, 0.15) is 5.76 Å². The molecule has 0 atom stereocenters. The Morgan fingerprint density at radius 3 is 2.86 bits per heavy atom. The highest BCUT2D eigenvalue weighted by Gasteiger charge is 2.04. The van der Waals surface area contributed by atoms with Crippen molar-refractivity contribution in [3.63, 3.8) is 0 Å². The van der Waals surface area contributed by atoms with Gasteiger partial charge in [0.15, 0.2) is 4.67 Å². The highest BCUT2D eigenvalue weighted by Crippen LogP contribution is 2.15. The minimum Gasteiger partial charge on any atom is -0.452 e. The van der Waals surface area contributed by atoms with Gasteiger partial charge in [0, 0.05) is 6.20 Å². The number of hydrogen-bond donors (Lipinski definition) is 1. The number of nitrogens with zero attached hydrogens (tertiary/aromatic N) is 2. The molecule has 5 heteroatoms. The zero-order valence-electron chi connectivity index (χ0n) is 7.70. The monoisotopic (exact) mass is 255 g/mol. The maximum Gasteiger partial charge on any atom is 0.169 e. The van der Waals surface area contributed by atoms with Crippen LogP contribution in [0.2, 0.25) is 0 Å². The largest absolute Gasteiger partial charge is 0.452 e. The molecule has 0 aromatic carbocycles. The highest BCUT2D eigenvalue weighted by atomic mass is 79.9. The standard InChI is InChI=1S/C9H10BrN3O/c1-6-8(11)5-13(12-6)4-7-2-3-9(10)14-7/h2-3,5H,4,11H2,1H3. The fraction of sp³-hybridized carbons (Fsp3) is 0.222. The van der Waals surface area contributed by atoms with E-state index < -0.39 is 0 Å². The third-order valence-electron chi connectivity index (χ3n) is 1.93. The molecule has 0 saturated carbocycles. The van der Waals surface area contributed by atoms with Gasteiger partial charge in [0.05, 0.1) is 17.9 Å². The van der Waals surface area contributed by atoms with Gasteiger partial charge in [-0.2, -0.15) is 5.10 Å². The summed E-state index contributed by atoms with van der Waals surface area (Å²) in [7, 11) is 0. The van der Waals surface area contributed by atoms with Crippen LogP contribution < -0.4 is 5.73 Å². The second-order valence-electron chi connectivity index (χ2n) is 3.07. The van der Waals surface area contributed by atoms with Gasteiger partial charge in [0.2, 0.25) is 0 Å². The van der Waals surface area contributed by atoms with Crippen molar-refractivity contribution >= 4 is 21.6 Å². The number of nitrogen functional groups attached to an aromatic ring is 1. The normalized spacial score (nSPS) is 10.7. The molecule has 0 amide bonds. The lowest BCUT2D eigenvalue weighted by Gasteiger charge is -1.96. The van der Waals surface area contributed by atoms with E-state index in [2.05, 4.69) is 21.0 Å². The van der Waals surface area contributed by atoms with Crippen LogP contribution in [0.5, 0.6) is 0 Å². The predicted molar refractivity (Wildman–Crippen MR) is 56.9 cm³/mol. The van der Waals surface area contributed by atoms with E-state index in [-0.39, 0.29) is 0 Å². The van der Waals surface area contributed by atoms with Crippen LogP contribution >= 0.6 is 15.9 Å². The van der Waals surface area contributed by atoms with E-state index in [1.807, 2.05) is 19.1 Å². The van der Waals surface area contributed by atoms with Gasteiger partial charge in [-0.3, -0.25) is 4.68 Å². The molecule has 4 nitrogen and oxygen atoms in total. The number of aryl methyl sites for hydroxylation is 1. The maximum atomic E-state index is 5.68. The van der Waals surface area contributed by atoms with Crippen LogP contribution in [0.25, 0.3) is 0 Å². The lowest BCUT2D eigenvalue weighted by molar-refractivity contribution is 0.462. The third kappa shape index (κ3) is 1.82. The molecule has 2 rings (SSSR count). The van der Waals surface area contributed by atoms with Crippen molar-refractivity contribution in [1.82, 2.24) is 9.78 Å². The van der Waals surface area contributed by atoms with Gasteiger partial charge >= 0.3 is 0 Å². The Balaban J connectivity index is 2.18. The highest BCUT2D eigenvalue weighted by molar-refractivity contribution is 9.10. The molecule has 2 aromatic heterocycles. The molecule has 0 aliphatic carbocycles. The summed E-state index contributed by atoms with van der Waals surface area (Å²) in [5, 5.41) is 4.23. The van der Waals surface area contributed by atoms with Crippen LogP contribution in [-0.2, 0) is 6.54 Å². The molecular formula is C9H10BrN3O. The fourth-order valence-corrected chi connectivity index (χ4v) is 1.55. The zero-order chi connectivity index (χ0) is 10.1. The van der Waals surface area contributed by atoms with E-state index in [0.29, 0.717) is 12.2 Å². The van der Waals surface area contributed by atoms with Crippen molar-refractivity contribution in [2.24, 2.45) is 0 Å². The van der Waals surface area contributed by atoms with Crippen LogP contribution in [0.1, 0.15) is 11.5 Å². The van der Waals surface area contributed by atoms with Crippen LogP contribution in [0.3, 0.4) is 0 Å². The molecule has 0 fully saturated rings. The molecule has 14 heavy (non-hydrogen) atoms. The smallest absolute Gasteiger partial charge is 0.169 e. The molecule has 0 bridgehead atoms. The first-order valence-electron chi connectivity index (χ1n) is 4.19. The molecule has 0 aliphatic heterocycles. The van der Waals surface area contributed by atoms with Crippen molar-refractivity contribution in [2.45, 2.75) is 13.5 Å². The summed E-state index contributed by atoms with van der Waals surface area (Å²) in [6, 6.07) is 3.76. The molecule has 0 spiro atoms. The van der Waals surface area contributed by atoms with E-state index in [1.54, 1.807) is 10.9 Å². The zero-order valence-corrected chi connectivity index (χ0v) is 9.28. The molecule has 0 saturated heterocycles. The Morgan fingerprint density at radius 2 is 2.36 bits per heavy atom. The number of anilines is 1. The van der Waals surface area contributed by atoms with E-state index in [0.717, 1.165) is 16.1 Å². The number of aromatic nitrogens is 2. The summed E-state index contributed by atoms with van der Waals surface area (Å²) < 4.78 is 7.84. The van der Waals surface area contributed by atoms with Gasteiger partial charge in [-0.1, -0.05) is 0 Å². The lowest BCUT2D eigenvalue weighted by Crippen LogP contribution is -1.98. The summed E-state index contributed by atoms with van der Waals surface area (Å²) >= 11 is 3.24. The van der Waals surface area contributed by atoms with Crippen molar-refractivity contribution in [3.05, 3.63) is 34.5 Å². The van der Waals surface area contributed by atoms with Crippen LogP contribution in [0.4, 0.5) is 5.69 Å². The SMILES string of the molecule is Cc1nn(Cc2ccc(Br)o2)cc1N. The Hall–Kier alpha value is -1.23. The average molecular weight is 256 g/mol. The minimum absolute atomic E-state index is 0.601. The second kappa shape index (κ2) is 3.49. The van der Waals surface area contributed by atoms with Crippen molar-refractivity contribution in [1.29, 1.82) is 0 Å². The molecule has 2 N–H and O–H groups in total. The maximum absolute atomic E-state index is 5.68. The number of hydrogen-bond acceptors (Lipinski definition) is 3. The Kier molecular flexibility index (Phi) is 2.33. The first-order chi connectivity index (χ1) is 6.65. The lowest BCUT2D eigenvalue weighted by atomic mass is 10.4. The summed E-state index contributed by atoms with van der Waals surface area (Å²) in [4.78, 5) is 0. The van der Waals surface area contributed by atoms with E-state index in [1.165, 1.54) is 0 Å². The van der Waals surface area contributed by atoms with Gasteiger partial charge in [-0.05, 0) is 35.0 Å². The fourth-order valence-electron chi connectivity index (χ4n) is 1.21. The molecule has 2 aromatic rings. The second-order valence-corrected chi connectivity index (χ2v) is 3.85. The number of halogens is 1. The molecular weight excluding hydrogens is 246 g/mol. The number of nitrogens with two attached hydrogens (primary N) is 1. The minimum atomic E-state index is 0.601. The van der Waals surface area contributed by atoms with Crippen LogP contribution in [-0.4, -0.2) is 9.78 Å². The summed E-state index contributed by atoms with van der Waals surface area (Å²) in [6.45, 7) is 2.48. The van der Waals surface area contributed by atoms with Gasteiger partial charge in [-0.15, -0.1) is 0 Å². The van der Waals surface area contributed by atoms with Crippen LogP contribution in [0.15, 0.2) is 27.4 Å². The molecule has 0 aliphatic rings. The Labute approximate surface area is 89.8 Å². The van der Waals surface area contributed by atoms with Crippen molar-refractivity contribution < 1.29 is 4.42 Å². The summed E-state index contributed by atoms with van der Waals surface area (Å²) in [5.74, 6) is 0.847. The van der Waals surface area contributed by atoms with Gasteiger partial charge in [0.25, 0.3) is 0 Å². The van der Waals surface area contributed by atoms with Crippen LogP contribution in [0, 0.1) is 6.92 Å². The number of furan rings is 1. The average Bonchev–Trinajstić information content (AvgIpc) is 2.62. The summed E-state index contributed by atoms with van der Waals surface area (Å²) in [6.07, 6.45) is 1.80. The first-order valence-corrected chi connectivity index (χ1v) is 4.98. The van der Waals surface area contributed by atoms with Crippen molar-refractivity contribution in [3.8, 4) is 0 Å². The number of rotatable bonds is 2. The topological polar surface area (TPSA) is 57.0 Å². The molecule has 74 valence electrons.